The van der Waals surface area contributed by atoms with E-state index in [1.807, 2.05) is 11.3 Å². The Morgan fingerprint density at radius 2 is 1.74 bits per heavy atom. The number of pyridine rings is 1. The monoisotopic (exact) mass is 580 g/mol. The Labute approximate surface area is 256 Å². The summed E-state index contributed by atoms with van der Waals surface area (Å²) in [6.07, 6.45) is 7.87. The second-order valence-corrected chi connectivity index (χ2v) is 14.5. The molecule has 4 unspecified atom stereocenters. The first-order chi connectivity index (χ1) is 20.8. The van der Waals surface area contributed by atoms with Crippen LogP contribution in [0.2, 0.25) is 0 Å². The van der Waals surface area contributed by atoms with Gasteiger partial charge in [0, 0.05) is 44.3 Å². The van der Waals surface area contributed by atoms with Gasteiger partial charge in [-0.25, -0.2) is 0 Å². The number of hydrogen-bond donors (Lipinski definition) is 0. The molecule has 6 aromatic rings. The first-order valence-corrected chi connectivity index (χ1v) is 16.2. The van der Waals surface area contributed by atoms with Gasteiger partial charge in [0.1, 0.15) is 28.3 Å². The van der Waals surface area contributed by atoms with E-state index >= 15 is 0 Å². The highest BCUT2D eigenvalue weighted by Gasteiger charge is 2.77. The maximum absolute atomic E-state index is 7.00. The number of aromatic nitrogens is 1. The van der Waals surface area contributed by atoms with Crippen molar-refractivity contribution in [2.75, 3.05) is 14.1 Å². The molecule has 3 aliphatic rings. The molecule has 0 amide bonds. The van der Waals surface area contributed by atoms with Crippen LogP contribution in [0.3, 0.4) is 0 Å². The van der Waals surface area contributed by atoms with Crippen LogP contribution in [0.5, 0.6) is 0 Å². The number of likely N-dealkylation sites (N-methyl/N-ethyl adjacent to an activating group) is 1. The predicted molar refractivity (Wildman–Crippen MR) is 178 cm³/mol. The normalized spacial score (nSPS) is 25.9. The molecule has 0 saturated heterocycles. The molecular formula is C39H36N2OS+2. The molecule has 9 rings (SSSR count). The van der Waals surface area contributed by atoms with Crippen LogP contribution in [0.15, 0.2) is 96.1 Å². The van der Waals surface area contributed by atoms with Crippen molar-refractivity contribution in [3.8, 4) is 11.3 Å². The van der Waals surface area contributed by atoms with Gasteiger partial charge in [-0.05, 0) is 67.8 Å². The molecule has 3 aromatic heterocycles. The van der Waals surface area contributed by atoms with E-state index < -0.39 is 0 Å². The lowest BCUT2D eigenvalue weighted by atomic mass is 9.46. The first-order valence-electron chi connectivity index (χ1n) is 15.4. The fraction of sp³-hybridized carbons (Fsp3) is 0.256. The Kier molecular flexibility index (Phi) is 4.95. The number of aryl methyl sites for hydroxylation is 2. The maximum atomic E-state index is 7.00. The number of benzene rings is 3. The highest BCUT2D eigenvalue weighted by molar-refractivity contribution is 7.19. The Bertz CT molecular complexity index is 2230. The van der Waals surface area contributed by atoms with E-state index in [1.54, 1.807) is 0 Å². The molecule has 1 fully saturated rings. The number of furan rings is 1. The van der Waals surface area contributed by atoms with E-state index in [0.29, 0.717) is 17.9 Å². The molecule has 4 atom stereocenters. The van der Waals surface area contributed by atoms with Crippen molar-refractivity contribution < 1.29 is 13.5 Å². The summed E-state index contributed by atoms with van der Waals surface area (Å²) >= 11 is 1.86. The lowest BCUT2D eigenvalue weighted by molar-refractivity contribution is -0.914. The summed E-state index contributed by atoms with van der Waals surface area (Å²) in [6, 6.07) is 25.3. The van der Waals surface area contributed by atoms with E-state index in [0.717, 1.165) is 22.1 Å². The van der Waals surface area contributed by atoms with E-state index in [9.17, 15) is 0 Å². The SMILES string of the molecule is C=CC1C2C(c3ccccc3-c3cccc[n+]32)C12Cc1ccc3c(oc4c3ccc3sc(C)c(C)c34)c1/C(=C/C)[N+]2(C)C. The Hall–Kier alpha value is -3.99. The Balaban J connectivity index is 1.32. The zero-order valence-corrected chi connectivity index (χ0v) is 26.3. The minimum absolute atomic E-state index is 0.0775. The van der Waals surface area contributed by atoms with Crippen molar-refractivity contribution in [2.45, 2.75) is 44.7 Å². The predicted octanol–water partition coefficient (Wildman–Crippen LogP) is 9.26. The van der Waals surface area contributed by atoms with Crippen LogP contribution in [-0.4, -0.2) is 24.1 Å². The second kappa shape index (κ2) is 8.34. The average molecular weight is 581 g/mol. The fourth-order valence-electron chi connectivity index (χ4n) is 9.60. The molecule has 3 aromatic carbocycles. The minimum Gasteiger partial charge on any atom is -0.454 e. The molecule has 1 aliphatic carbocycles. The Morgan fingerprint density at radius 3 is 2.56 bits per heavy atom. The molecule has 5 heterocycles. The third-order valence-corrected chi connectivity index (χ3v) is 12.7. The van der Waals surface area contributed by atoms with E-state index in [2.05, 4.69) is 131 Å². The van der Waals surface area contributed by atoms with Crippen LogP contribution in [0.25, 0.3) is 49.0 Å². The number of quaternary nitrogens is 1. The maximum Gasteiger partial charge on any atom is 0.213 e. The third kappa shape index (κ3) is 2.83. The molecule has 3 nitrogen and oxygen atoms in total. The lowest BCUT2D eigenvalue weighted by Gasteiger charge is -2.66. The molecular weight excluding hydrogens is 545 g/mol. The van der Waals surface area contributed by atoms with Crippen molar-refractivity contribution >= 4 is 49.1 Å². The highest BCUT2D eigenvalue weighted by Crippen LogP contribution is 2.68. The molecule has 212 valence electrons. The Morgan fingerprint density at radius 1 is 0.977 bits per heavy atom. The summed E-state index contributed by atoms with van der Waals surface area (Å²) in [6.45, 7) is 11.1. The largest absolute Gasteiger partial charge is 0.454 e. The minimum atomic E-state index is -0.0775. The quantitative estimate of drug-likeness (QED) is 0.108. The van der Waals surface area contributed by atoms with Gasteiger partial charge in [0.05, 0.1) is 31.1 Å². The molecule has 43 heavy (non-hydrogen) atoms. The molecule has 0 bridgehead atoms. The van der Waals surface area contributed by atoms with Crippen LogP contribution in [0.4, 0.5) is 0 Å². The van der Waals surface area contributed by atoms with Gasteiger partial charge >= 0.3 is 0 Å². The summed E-state index contributed by atoms with van der Waals surface area (Å²) in [5.74, 6) is 0.657. The van der Waals surface area contributed by atoms with Gasteiger partial charge in [0.15, 0.2) is 12.2 Å². The summed E-state index contributed by atoms with van der Waals surface area (Å²) in [5, 5.41) is 3.71. The van der Waals surface area contributed by atoms with Gasteiger partial charge < -0.3 is 4.42 Å². The van der Waals surface area contributed by atoms with Crippen LogP contribution in [0.1, 0.15) is 46.0 Å². The number of rotatable bonds is 1. The summed E-state index contributed by atoms with van der Waals surface area (Å²) < 4.78 is 11.6. The standard InChI is InChI=1S/C39H36N2OS/c1-7-29-36-35(26-14-10-9-13-25(26)30-15-11-12-20-40(30)36)39(29)21-24-16-17-27-28-18-19-32-33(22(3)23(4)43-32)37(28)42-38(27)34(24)31(8-2)41(39,5)6/h7-20,29,35-36H,1,21H2,2-6H3/q+2/b31-8-. The third-order valence-electron chi connectivity index (χ3n) is 11.5. The molecule has 0 N–H and O–H groups in total. The number of nitrogens with zero attached hydrogens (tertiary/aromatic N) is 2. The highest BCUT2D eigenvalue weighted by atomic mass is 32.1. The zero-order valence-electron chi connectivity index (χ0n) is 25.4. The van der Waals surface area contributed by atoms with Gasteiger partial charge in [-0.15, -0.1) is 17.9 Å². The van der Waals surface area contributed by atoms with Crippen molar-refractivity contribution in [3.05, 3.63) is 119 Å². The van der Waals surface area contributed by atoms with Gasteiger partial charge in [-0.1, -0.05) is 36.4 Å². The van der Waals surface area contributed by atoms with Crippen molar-refractivity contribution in [1.82, 2.24) is 0 Å². The van der Waals surface area contributed by atoms with Crippen LogP contribution >= 0.6 is 11.3 Å². The summed E-state index contributed by atoms with van der Waals surface area (Å²) in [7, 11) is 4.87. The van der Waals surface area contributed by atoms with Crippen LogP contribution in [-0.2, 0) is 6.42 Å². The van der Waals surface area contributed by atoms with E-state index in [4.69, 9.17) is 4.42 Å². The van der Waals surface area contributed by atoms with Gasteiger partial charge in [-0.2, -0.15) is 4.57 Å². The molecule has 1 saturated carbocycles. The van der Waals surface area contributed by atoms with Crippen molar-refractivity contribution in [1.29, 1.82) is 0 Å². The zero-order chi connectivity index (χ0) is 29.4. The van der Waals surface area contributed by atoms with E-state index in [-0.39, 0.29) is 5.54 Å². The number of hydrogen-bond acceptors (Lipinski definition) is 2. The molecule has 1 spiro atoms. The van der Waals surface area contributed by atoms with Crippen molar-refractivity contribution in [3.63, 3.8) is 0 Å². The van der Waals surface area contributed by atoms with E-state index in [1.165, 1.54) is 64.9 Å². The topological polar surface area (TPSA) is 17.0 Å². The van der Waals surface area contributed by atoms with Gasteiger partial charge in [-0.3, -0.25) is 4.48 Å². The van der Waals surface area contributed by atoms with Crippen LogP contribution in [0, 0.1) is 19.8 Å². The lowest BCUT2D eigenvalue weighted by Crippen LogP contribution is -2.80. The second-order valence-electron chi connectivity index (χ2n) is 13.3. The average Bonchev–Trinajstić information content (AvgIpc) is 3.52. The fourth-order valence-corrected chi connectivity index (χ4v) is 10.7. The number of fused-ring (bicyclic) bond motifs is 14. The van der Waals surface area contributed by atoms with Gasteiger partial charge in [0.2, 0.25) is 5.69 Å². The van der Waals surface area contributed by atoms with Crippen LogP contribution < -0.4 is 4.57 Å². The number of allylic oxidation sites excluding steroid dienone is 1. The number of thiophene rings is 1. The first kappa shape index (κ1) is 25.5. The molecule has 4 heteroatoms. The smallest absolute Gasteiger partial charge is 0.213 e. The summed E-state index contributed by atoms with van der Waals surface area (Å²) in [4.78, 5) is 1.36. The molecule has 0 radical (unpaired) electrons. The van der Waals surface area contributed by atoms with Gasteiger partial charge in [0.25, 0.3) is 0 Å². The summed E-state index contributed by atoms with van der Waals surface area (Å²) in [5.41, 5.74) is 11.5. The molecule has 2 aliphatic heterocycles. The van der Waals surface area contributed by atoms with Crippen molar-refractivity contribution in [2.24, 2.45) is 5.92 Å².